The maximum Gasteiger partial charge on any atom is 0.115 e. The van der Waals surface area contributed by atoms with Gasteiger partial charge in [0.1, 0.15) is 5.75 Å². The second-order valence-electron chi connectivity index (χ2n) is 5.49. The molecule has 0 bridgehead atoms. The van der Waals surface area contributed by atoms with E-state index in [4.69, 9.17) is 4.74 Å². The van der Waals surface area contributed by atoms with Crippen LogP contribution in [0, 0.1) is 5.92 Å². The van der Waals surface area contributed by atoms with Crippen molar-refractivity contribution >= 4 is 0 Å². The van der Waals surface area contributed by atoms with Crippen LogP contribution in [0.2, 0.25) is 0 Å². The van der Waals surface area contributed by atoms with E-state index < -0.39 is 0 Å². The highest BCUT2D eigenvalue weighted by molar-refractivity contribution is 5.36. The number of nitrogens with zero attached hydrogens (tertiary/aromatic N) is 1. The standard InChI is InChI=1S/C15H21NO2/c17-15-2-1-14-11-16(6-3-13(14)9-15)10-12-4-7-18-8-5-12/h1-2,9,12,17H,3-8,10-11H2. The van der Waals surface area contributed by atoms with Gasteiger partial charge in [0, 0.05) is 32.8 Å². The van der Waals surface area contributed by atoms with Gasteiger partial charge < -0.3 is 9.84 Å². The summed E-state index contributed by atoms with van der Waals surface area (Å²) in [5.41, 5.74) is 2.70. The van der Waals surface area contributed by atoms with E-state index >= 15 is 0 Å². The van der Waals surface area contributed by atoms with Crippen LogP contribution in [0.5, 0.6) is 5.75 Å². The van der Waals surface area contributed by atoms with Crippen LogP contribution in [-0.2, 0) is 17.7 Å². The third-order valence-corrected chi connectivity index (χ3v) is 4.14. The van der Waals surface area contributed by atoms with Gasteiger partial charge in [-0.05, 0) is 48.4 Å². The molecular formula is C15H21NO2. The Labute approximate surface area is 108 Å². The number of phenols is 1. The number of phenolic OH excluding ortho intramolecular Hbond substituents is 1. The van der Waals surface area contributed by atoms with E-state index in [2.05, 4.69) is 11.0 Å². The number of rotatable bonds is 2. The highest BCUT2D eigenvalue weighted by Gasteiger charge is 2.21. The van der Waals surface area contributed by atoms with Crippen LogP contribution in [0.25, 0.3) is 0 Å². The van der Waals surface area contributed by atoms with Crippen LogP contribution in [-0.4, -0.2) is 36.3 Å². The Kier molecular flexibility index (Phi) is 3.52. The van der Waals surface area contributed by atoms with Gasteiger partial charge in [0.25, 0.3) is 0 Å². The minimum absolute atomic E-state index is 0.395. The highest BCUT2D eigenvalue weighted by Crippen LogP contribution is 2.25. The lowest BCUT2D eigenvalue weighted by atomic mass is 9.95. The average Bonchev–Trinajstić information content (AvgIpc) is 2.40. The van der Waals surface area contributed by atoms with Crippen molar-refractivity contribution in [1.29, 1.82) is 0 Å². The molecule has 3 rings (SSSR count). The minimum Gasteiger partial charge on any atom is -0.508 e. The Balaban J connectivity index is 1.62. The molecule has 0 atom stereocenters. The average molecular weight is 247 g/mol. The van der Waals surface area contributed by atoms with Gasteiger partial charge in [-0.2, -0.15) is 0 Å². The van der Waals surface area contributed by atoms with E-state index in [0.29, 0.717) is 5.75 Å². The molecule has 2 aliphatic rings. The van der Waals surface area contributed by atoms with Gasteiger partial charge in [-0.25, -0.2) is 0 Å². The van der Waals surface area contributed by atoms with E-state index in [1.54, 1.807) is 6.07 Å². The number of aromatic hydroxyl groups is 1. The van der Waals surface area contributed by atoms with Gasteiger partial charge in [0.2, 0.25) is 0 Å². The van der Waals surface area contributed by atoms with Crippen molar-refractivity contribution in [1.82, 2.24) is 4.90 Å². The molecule has 1 N–H and O–H groups in total. The summed E-state index contributed by atoms with van der Waals surface area (Å²) in [6, 6.07) is 5.79. The van der Waals surface area contributed by atoms with E-state index in [9.17, 15) is 5.11 Å². The van der Waals surface area contributed by atoms with Crippen LogP contribution in [0.15, 0.2) is 18.2 Å². The van der Waals surface area contributed by atoms with Crippen molar-refractivity contribution in [2.45, 2.75) is 25.8 Å². The van der Waals surface area contributed by atoms with E-state index in [1.807, 2.05) is 6.07 Å². The molecule has 3 nitrogen and oxygen atoms in total. The van der Waals surface area contributed by atoms with Gasteiger partial charge in [0.05, 0.1) is 0 Å². The summed E-state index contributed by atoms with van der Waals surface area (Å²) in [4.78, 5) is 2.55. The summed E-state index contributed by atoms with van der Waals surface area (Å²) in [6.07, 6.45) is 3.48. The van der Waals surface area contributed by atoms with Crippen molar-refractivity contribution in [3.8, 4) is 5.75 Å². The van der Waals surface area contributed by atoms with Crippen LogP contribution < -0.4 is 0 Å². The highest BCUT2D eigenvalue weighted by atomic mass is 16.5. The summed E-state index contributed by atoms with van der Waals surface area (Å²) in [7, 11) is 0. The second kappa shape index (κ2) is 5.29. The number of benzene rings is 1. The van der Waals surface area contributed by atoms with Crippen molar-refractivity contribution < 1.29 is 9.84 Å². The molecule has 1 fully saturated rings. The molecule has 1 aromatic rings. The zero-order valence-electron chi connectivity index (χ0n) is 10.8. The monoisotopic (exact) mass is 247 g/mol. The fraction of sp³-hybridized carbons (Fsp3) is 0.600. The topological polar surface area (TPSA) is 32.7 Å². The minimum atomic E-state index is 0.395. The molecule has 0 aliphatic carbocycles. The molecule has 0 unspecified atom stereocenters. The lowest BCUT2D eigenvalue weighted by Gasteiger charge is -2.33. The molecule has 2 aliphatic heterocycles. The predicted molar refractivity (Wildman–Crippen MR) is 70.6 cm³/mol. The molecule has 0 radical (unpaired) electrons. The smallest absolute Gasteiger partial charge is 0.115 e. The normalized spacial score (nSPS) is 21.8. The Morgan fingerprint density at radius 1 is 1.22 bits per heavy atom. The summed E-state index contributed by atoms with van der Waals surface area (Å²) < 4.78 is 5.41. The van der Waals surface area contributed by atoms with Gasteiger partial charge in [-0.15, -0.1) is 0 Å². The molecule has 1 saturated heterocycles. The van der Waals surface area contributed by atoms with Crippen LogP contribution >= 0.6 is 0 Å². The first-order valence-corrected chi connectivity index (χ1v) is 6.92. The van der Waals surface area contributed by atoms with Crippen LogP contribution in [0.4, 0.5) is 0 Å². The largest absolute Gasteiger partial charge is 0.508 e. The fourth-order valence-corrected chi connectivity index (χ4v) is 3.05. The van der Waals surface area contributed by atoms with Gasteiger partial charge in [-0.3, -0.25) is 4.90 Å². The first kappa shape index (κ1) is 12.0. The molecule has 0 amide bonds. The van der Waals surface area contributed by atoms with E-state index in [1.165, 1.54) is 30.5 Å². The van der Waals surface area contributed by atoms with Gasteiger partial charge in [-0.1, -0.05) is 6.07 Å². The summed E-state index contributed by atoms with van der Waals surface area (Å²) in [5.74, 6) is 1.20. The summed E-state index contributed by atoms with van der Waals surface area (Å²) in [5, 5.41) is 9.49. The number of fused-ring (bicyclic) bond motifs is 1. The first-order chi connectivity index (χ1) is 8.81. The van der Waals surface area contributed by atoms with E-state index in [0.717, 1.165) is 38.6 Å². The quantitative estimate of drug-likeness (QED) is 0.869. The molecule has 18 heavy (non-hydrogen) atoms. The van der Waals surface area contributed by atoms with Crippen molar-refractivity contribution in [3.05, 3.63) is 29.3 Å². The third-order valence-electron chi connectivity index (χ3n) is 4.14. The van der Waals surface area contributed by atoms with Crippen molar-refractivity contribution in [2.75, 3.05) is 26.3 Å². The Bertz CT molecular complexity index is 413. The summed E-state index contributed by atoms with van der Waals surface area (Å²) >= 11 is 0. The van der Waals surface area contributed by atoms with Gasteiger partial charge in [0.15, 0.2) is 0 Å². The van der Waals surface area contributed by atoms with Crippen LogP contribution in [0.1, 0.15) is 24.0 Å². The Morgan fingerprint density at radius 2 is 2.06 bits per heavy atom. The molecule has 98 valence electrons. The maximum atomic E-state index is 9.49. The number of ether oxygens (including phenoxy) is 1. The van der Waals surface area contributed by atoms with Crippen LogP contribution in [0.3, 0.4) is 0 Å². The van der Waals surface area contributed by atoms with Gasteiger partial charge >= 0.3 is 0 Å². The van der Waals surface area contributed by atoms with E-state index in [-0.39, 0.29) is 0 Å². The zero-order valence-corrected chi connectivity index (χ0v) is 10.8. The SMILES string of the molecule is Oc1ccc2c(c1)CCN(CC1CCOCC1)C2. The molecular weight excluding hydrogens is 226 g/mol. The third kappa shape index (κ3) is 2.68. The summed E-state index contributed by atoms with van der Waals surface area (Å²) in [6.45, 7) is 5.22. The van der Waals surface area contributed by atoms with Crippen molar-refractivity contribution in [2.24, 2.45) is 5.92 Å². The Morgan fingerprint density at radius 3 is 2.89 bits per heavy atom. The number of hydrogen-bond acceptors (Lipinski definition) is 3. The predicted octanol–water partition coefficient (Wildman–Crippen LogP) is 2.18. The maximum absolute atomic E-state index is 9.49. The molecule has 0 aromatic heterocycles. The lowest BCUT2D eigenvalue weighted by molar-refractivity contribution is 0.0506. The second-order valence-corrected chi connectivity index (χ2v) is 5.49. The molecule has 2 heterocycles. The zero-order chi connectivity index (χ0) is 12.4. The molecule has 3 heteroatoms. The molecule has 0 spiro atoms. The molecule has 1 aromatic carbocycles. The Hall–Kier alpha value is -1.06. The first-order valence-electron chi connectivity index (χ1n) is 6.92. The molecule has 0 saturated carbocycles. The lowest BCUT2D eigenvalue weighted by Crippen LogP contribution is -2.36. The van der Waals surface area contributed by atoms with Crippen molar-refractivity contribution in [3.63, 3.8) is 0 Å². The fourth-order valence-electron chi connectivity index (χ4n) is 3.05. The number of hydrogen-bond donors (Lipinski definition) is 1.